The number of fused-ring (bicyclic) bond motifs is 2. The number of rotatable bonds is 5. The number of carbonyl (C=O) groups is 2. The molecule has 3 aromatic heterocycles. The van der Waals surface area contributed by atoms with Gasteiger partial charge in [-0.1, -0.05) is 40.4 Å². The molecule has 0 bridgehead atoms. The second kappa shape index (κ2) is 8.40. The minimum atomic E-state index is -0.358. The number of aryl methyl sites for hydroxylation is 1. The van der Waals surface area contributed by atoms with Crippen LogP contribution in [0.2, 0.25) is 0 Å². The van der Waals surface area contributed by atoms with Crippen molar-refractivity contribution in [2.75, 3.05) is 17.6 Å². The molecule has 4 aromatic rings. The van der Waals surface area contributed by atoms with Gasteiger partial charge in [-0.05, 0) is 19.1 Å². The number of nitrogens with one attached hydrogen (secondary N) is 1. The van der Waals surface area contributed by atoms with Gasteiger partial charge in [-0.15, -0.1) is 11.3 Å². The maximum Gasteiger partial charge on any atom is 0.279 e. The molecule has 31 heavy (non-hydrogen) atoms. The topological polar surface area (TPSA) is 101 Å². The Morgan fingerprint density at radius 1 is 1.26 bits per heavy atom. The van der Waals surface area contributed by atoms with Crippen LogP contribution < -0.4 is 5.32 Å². The number of hydrogen-bond donors (Lipinski definition) is 1. The van der Waals surface area contributed by atoms with Gasteiger partial charge in [-0.3, -0.25) is 14.9 Å². The summed E-state index contributed by atoms with van der Waals surface area (Å²) in [4.78, 5) is 36.9. The van der Waals surface area contributed by atoms with Gasteiger partial charge in [-0.2, -0.15) is 0 Å². The third-order valence-electron chi connectivity index (χ3n) is 4.76. The fraction of sp³-hybridized carbons (Fsp3) is 0.250. The lowest BCUT2D eigenvalue weighted by molar-refractivity contribution is -0.129. The highest BCUT2D eigenvalue weighted by Gasteiger charge is 2.25. The van der Waals surface area contributed by atoms with Crippen LogP contribution in [0, 0.1) is 6.92 Å². The molecular weight excluding hydrogens is 454 g/mol. The van der Waals surface area contributed by atoms with Crippen molar-refractivity contribution in [2.45, 2.75) is 24.2 Å². The van der Waals surface area contributed by atoms with E-state index in [1.165, 1.54) is 23.1 Å². The highest BCUT2D eigenvalue weighted by molar-refractivity contribution is 8.01. The van der Waals surface area contributed by atoms with Crippen molar-refractivity contribution in [1.82, 2.24) is 20.0 Å². The molecule has 0 aliphatic carbocycles. The number of aromatic nitrogens is 3. The smallest absolute Gasteiger partial charge is 0.279 e. The lowest BCUT2D eigenvalue weighted by Gasteiger charge is -2.25. The number of nitrogens with zero attached hydrogens (tertiary/aromatic N) is 4. The van der Waals surface area contributed by atoms with Crippen LogP contribution in [0.15, 0.2) is 39.2 Å². The normalized spacial score (nSPS) is 13.4. The molecule has 1 aliphatic rings. The zero-order valence-electron chi connectivity index (χ0n) is 16.5. The van der Waals surface area contributed by atoms with E-state index in [-0.39, 0.29) is 17.5 Å². The fourth-order valence-electron chi connectivity index (χ4n) is 3.22. The molecule has 5 rings (SSSR count). The Labute approximate surface area is 189 Å². The van der Waals surface area contributed by atoms with E-state index in [0.717, 1.165) is 25.1 Å². The zero-order valence-corrected chi connectivity index (χ0v) is 18.9. The van der Waals surface area contributed by atoms with Gasteiger partial charge >= 0.3 is 0 Å². The number of amides is 2. The predicted octanol–water partition coefficient (Wildman–Crippen LogP) is 3.98. The van der Waals surface area contributed by atoms with E-state index >= 15 is 0 Å². The minimum absolute atomic E-state index is 0.0759. The van der Waals surface area contributed by atoms with Crippen LogP contribution in [0.25, 0.3) is 10.2 Å². The molecule has 2 amide bonds. The summed E-state index contributed by atoms with van der Waals surface area (Å²) in [5, 5.41) is 6.99. The summed E-state index contributed by atoms with van der Waals surface area (Å²) < 4.78 is 6.97. The van der Waals surface area contributed by atoms with Crippen LogP contribution in [0.1, 0.15) is 26.8 Å². The van der Waals surface area contributed by atoms with Gasteiger partial charge < -0.3 is 9.42 Å². The summed E-state index contributed by atoms with van der Waals surface area (Å²) in [5.41, 5.74) is 2.11. The second-order valence-electron chi connectivity index (χ2n) is 6.97. The molecule has 0 radical (unpaired) electrons. The molecule has 0 unspecified atom stereocenters. The quantitative estimate of drug-likeness (QED) is 0.439. The first-order valence-electron chi connectivity index (χ1n) is 9.54. The maximum absolute atomic E-state index is 12.7. The Morgan fingerprint density at radius 3 is 2.94 bits per heavy atom. The molecule has 4 heterocycles. The van der Waals surface area contributed by atoms with Crippen molar-refractivity contribution in [2.24, 2.45) is 0 Å². The van der Waals surface area contributed by atoms with E-state index in [0.29, 0.717) is 36.2 Å². The summed E-state index contributed by atoms with van der Waals surface area (Å²) >= 11 is 4.47. The summed E-state index contributed by atoms with van der Waals surface area (Å²) in [7, 11) is 0. The first-order valence-corrected chi connectivity index (χ1v) is 12.2. The Kier molecular flexibility index (Phi) is 5.47. The van der Waals surface area contributed by atoms with Crippen molar-refractivity contribution in [3.8, 4) is 0 Å². The van der Waals surface area contributed by atoms with E-state index in [4.69, 9.17) is 4.52 Å². The van der Waals surface area contributed by atoms with Crippen LogP contribution in [-0.4, -0.2) is 44.1 Å². The standard InChI is InChI=1S/C20H17N5O3S3/c1-11-8-14(24-28-11)18(27)23-19-21-13-6-7-25(9-16(13)30-19)17(26)10-29-20-22-12-4-2-3-5-15(12)31-20/h2-5,8H,6-7,9-10H2,1H3,(H,21,23,27). The van der Waals surface area contributed by atoms with Crippen LogP contribution in [0.3, 0.4) is 0 Å². The number of para-hydroxylation sites is 1. The van der Waals surface area contributed by atoms with Gasteiger partial charge in [-0.25, -0.2) is 9.97 Å². The first-order chi connectivity index (χ1) is 15.0. The van der Waals surface area contributed by atoms with Crippen molar-refractivity contribution >= 4 is 61.6 Å². The summed E-state index contributed by atoms with van der Waals surface area (Å²) in [6, 6.07) is 9.55. The largest absolute Gasteiger partial charge is 0.361 e. The lowest BCUT2D eigenvalue weighted by Crippen LogP contribution is -2.36. The Morgan fingerprint density at radius 2 is 2.13 bits per heavy atom. The molecule has 1 aliphatic heterocycles. The molecule has 11 heteroatoms. The SMILES string of the molecule is Cc1cc(C(=O)Nc2nc3c(s2)CN(C(=O)CSc2nc4ccccc4s2)CC3)no1. The van der Waals surface area contributed by atoms with Crippen molar-refractivity contribution in [1.29, 1.82) is 0 Å². The molecular formula is C20H17N5O3S3. The molecule has 158 valence electrons. The van der Waals surface area contributed by atoms with Crippen LogP contribution in [-0.2, 0) is 17.8 Å². The number of thioether (sulfide) groups is 1. The highest BCUT2D eigenvalue weighted by Crippen LogP contribution is 2.31. The second-order valence-corrected chi connectivity index (χ2v) is 10.3. The van der Waals surface area contributed by atoms with Crippen LogP contribution in [0.4, 0.5) is 5.13 Å². The molecule has 0 atom stereocenters. The maximum atomic E-state index is 12.7. The predicted molar refractivity (Wildman–Crippen MR) is 121 cm³/mol. The lowest BCUT2D eigenvalue weighted by atomic mass is 10.2. The van der Waals surface area contributed by atoms with Gasteiger partial charge in [0.15, 0.2) is 15.2 Å². The molecule has 1 N–H and O–H groups in total. The third-order valence-corrected chi connectivity index (χ3v) is 7.92. The highest BCUT2D eigenvalue weighted by atomic mass is 32.2. The van der Waals surface area contributed by atoms with Crippen molar-refractivity contribution in [3.05, 3.63) is 52.4 Å². The molecule has 0 saturated carbocycles. The molecule has 0 saturated heterocycles. The number of hydrogen-bond acceptors (Lipinski definition) is 9. The summed E-state index contributed by atoms with van der Waals surface area (Å²) in [6.07, 6.45) is 0.669. The summed E-state index contributed by atoms with van der Waals surface area (Å²) in [6.45, 7) is 2.85. The Hall–Kier alpha value is -2.76. The van der Waals surface area contributed by atoms with Crippen LogP contribution >= 0.6 is 34.4 Å². The zero-order chi connectivity index (χ0) is 21.4. The third kappa shape index (κ3) is 4.34. The molecule has 1 aromatic carbocycles. The van der Waals surface area contributed by atoms with E-state index in [9.17, 15) is 9.59 Å². The van der Waals surface area contributed by atoms with E-state index in [1.54, 1.807) is 24.3 Å². The minimum Gasteiger partial charge on any atom is -0.361 e. The monoisotopic (exact) mass is 471 g/mol. The average molecular weight is 472 g/mol. The number of anilines is 1. The van der Waals surface area contributed by atoms with E-state index in [2.05, 4.69) is 20.4 Å². The van der Waals surface area contributed by atoms with E-state index < -0.39 is 0 Å². The first kappa shape index (κ1) is 20.2. The van der Waals surface area contributed by atoms with Crippen LogP contribution in [0.5, 0.6) is 0 Å². The van der Waals surface area contributed by atoms with Gasteiger partial charge in [0, 0.05) is 23.9 Å². The average Bonchev–Trinajstić information content (AvgIpc) is 3.48. The van der Waals surface area contributed by atoms with Crippen molar-refractivity contribution < 1.29 is 14.1 Å². The van der Waals surface area contributed by atoms with Gasteiger partial charge in [0.25, 0.3) is 5.91 Å². The molecule has 0 fully saturated rings. The number of carbonyl (C=O) groups excluding carboxylic acids is 2. The van der Waals surface area contributed by atoms with Gasteiger partial charge in [0.2, 0.25) is 5.91 Å². The Balaban J connectivity index is 1.20. The summed E-state index contributed by atoms with van der Waals surface area (Å²) in [5.74, 6) is 0.639. The van der Waals surface area contributed by atoms with Crippen molar-refractivity contribution in [3.63, 3.8) is 0 Å². The fourth-order valence-corrected chi connectivity index (χ4v) is 6.21. The molecule has 0 spiro atoms. The number of benzene rings is 1. The van der Waals surface area contributed by atoms with Gasteiger partial charge in [0.05, 0.1) is 28.2 Å². The number of thiazole rings is 2. The van der Waals surface area contributed by atoms with E-state index in [1.807, 2.05) is 29.2 Å². The molecule has 8 nitrogen and oxygen atoms in total. The van der Waals surface area contributed by atoms with Gasteiger partial charge in [0.1, 0.15) is 5.76 Å². The Bertz CT molecular complexity index is 1250.